The first-order valence-corrected chi connectivity index (χ1v) is 12.4. The molecule has 0 aromatic heterocycles. The molecular weight excluding hydrogens is 417 g/mol. The first kappa shape index (κ1) is 22.4. The van der Waals surface area contributed by atoms with Crippen molar-refractivity contribution in [1.82, 2.24) is 4.90 Å². The van der Waals surface area contributed by atoms with Gasteiger partial charge in [0.2, 0.25) is 11.8 Å². The maximum Gasteiger partial charge on any atom is 0.246 e. The van der Waals surface area contributed by atoms with E-state index in [0.717, 1.165) is 38.5 Å². The molecule has 0 saturated heterocycles. The second-order valence-corrected chi connectivity index (χ2v) is 11.4. The Hall–Kier alpha value is -2.37. The van der Waals surface area contributed by atoms with Crippen LogP contribution in [-0.4, -0.2) is 29.8 Å². The number of nitrogens with one attached hydrogen (secondary N) is 1. The zero-order chi connectivity index (χ0) is 23.5. The minimum absolute atomic E-state index is 0.0390. The maximum atomic E-state index is 13.6. The highest BCUT2D eigenvalue weighted by Crippen LogP contribution is 2.66. The second-order valence-electron chi connectivity index (χ2n) is 11.4. The first-order valence-electron chi connectivity index (χ1n) is 12.4. The van der Waals surface area contributed by atoms with E-state index in [1.807, 2.05) is 11.9 Å². The van der Waals surface area contributed by atoms with E-state index in [4.69, 9.17) is 5.73 Å². The molecule has 3 saturated carbocycles. The third-order valence-electron chi connectivity index (χ3n) is 10.0. The van der Waals surface area contributed by atoms with Gasteiger partial charge in [-0.15, -0.1) is 0 Å². The number of carbonyl (C=O) groups is 2. The Kier molecular flexibility index (Phi) is 5.33. The third kappa shape index (κ3) is 3.48. The van der Waals surface area contributed by atoms with Gasteiger partial charge < -0.3 is 16.0 Å². The predicted molar refractivity (Wildman–Crippen MR) is 128 cm³/mol. The van der Waals surface area contributed by atoms with Crippen molar-refractivity contribution in [1.29, 1.82) is 0 Å². The van der Waals surface area contributed by atoms with Gasteiger partial charge in [-0.2, -0.15) is 0 Å². The van der Waals surface area contributed by atoms with Crippen molar-refractivity contribution in [3.05, 3.63) is 36.2 Å². The van der Waals surface area contributed by atoms with Crippen LogP contribution in [0.4, 0.5) is 15.8 Å². The van der Waals surface area contributed by atoms with Crippen LogP contribution < -0.4 is 11.1 Å². The molecule has 3 N–H and O–H groups in total. The normalized spacial score (nSPS) is 39.6. The average molecular weight is 454 g/mol. The summed E-state index contributed by atoms with van der Waals surface area (Å²) in [6.45, 7) is 4.76. The predicted octanol–water partition coefficient (Wildman–Crippen LogP) is 4.99. The fourth-order valence-electron chi connectivity index (χ4n) is 8.24. The van der Waals surface area contributed by atoms with Gasteiger partial charge >= 0.3 is 0 Å². The van der Waals surface area contributed by atoms with Crippen LogP contribution in [0.5, 0.6) is 0 Å². The summed E-state index contributed by atoms with van der Waals surface area (Å²) in [5.74, 6) is 1.81. The molecule has 0 radical (unpaired) electrons. The number of carbonyl (C=O) groups excluding carboxylic acids is 2. The first-order chi connectivity index (χ1) is 15.6. The lowest BCUT2D eigenvalue weighted by molar-refractivity contribution is -0.139. The Morgan fingerprint density at radius 1 is 1.18 bits per heavy atom. The molecule has 3 fully saturated rings. The molecular formula is C27H36FN3O2. The Morgan fingerprint density at radius 3 is 2.76 bits per heavy atom. The number of hydrogen-bond donors (Lipinski definition) is 2. The molecule has 33 heavy (non-hydrogen) atoms. The minimum Gasteiger partial charge on any atom is -0.397 e. The fraction of sp³-hybridized carbons (Fsp3) is 0.630. The number of nitrogen functional groups attached to an aromatic ring is 1. The molecule has 1 heterocycles. The van der Waals surface area contributed by atoms with E-state index in [-0.39, 0.29) is 22.6 Å². The number of likely N-dealkylation sites (N-methyl/N-ethyl adjacent to an activating group) is 1. The molecule has 2 amide bonds. The van der Waals surface area contributed by atoms with E-state index in [0.29, 0.717) is 47.5 Å². The van der Waals surface area contributed by atoms with E-state index in [2.05, 4.69) is 25.2 Å². The summed E-state index contributed by atoms with van der Waals surface area (Å²) in [6, 6.07) is 4.37. The van der Waals surface area contributed by atoms with Crippen molar-refractivity contribution >= 4 is 23.2 Å². The highest BCUT2D eigenvalue weighted by atomic mass is 19.1. The quantitative estimate of drug-likeness (QED) is 0.633. The monoisotopic (exact) mass is 453 g/mol. The molecule has 1 aromatic carbocycles. The number of halogens is 1. The number of hydrogen-bond acceptors (Lipinski definition) is 3. The standard InChI is InChI=1S/C27H36FN3O2/c1-26-12-10-20-18(6-9-23-27(20,2)13-11-25(33)31(23)3)19(26)7-4-16(26)14-24(32)30-22-15-17(28)5-8-21(22)29/h5,8,11,13,15-16,18-20,23H,4,6-7,9-10,12,14,29H2,1-3H3,(H,30,32)/t16-,18+,19+,20+,23-,26-,27-/m1/s1. The van der Waals surface area contributed by atoms with Crippen LogP contribution in [0, 0.1) is 40.3 Å². The van der Waals surface area contributed by atoms with Gasteiger partial charge in [-0.05, 0) is 91.9 Å². The summed E-state index contributed by atoms with van der Waals surface area (Å²) in [4.78, 5) is 27.1. The molecule has 5 rings (SSSR count). The topological polar surface area (TPSA) is 75.4 Å². The van der Waals surface area contributed by atoms with Crippen LogP contribution in [0.1, 0.15) is 58.8 Å². The zero-order valence-electron chi connectivity index (χ0n) is 19.9. The van der Waals surface area contributed by atoms with Crippen molar-refractivity contribution < 1.29 is 14.0 Å². The summed E-state index contributed by atoms with van der Waals surface area (Å²) in [5.41, 5.74) is 6.85. The van der Waals surface area contributed by atoms with E-state index in [1.54, 1.807) is 6.08 Å². The van der Waals surface area contributed by atoms with Crippen molar-refractivity contribution in [2.24, 2.45) is 34.5 Å². The highest BCUT2D eigenvalue weighted by Gasteiger charge is 2.60. The fourth-order valence-corrected chi connectivity index (χ4v) is 8.24. The van der Waals surface area contributed by atoms with Crippen LogP contribution in [0.25, 0.3) is 0 Å². The smallest absolute Gasteiger partial charge is 0.246 e. The Bertz CT molecular complexity index is 1010. The van der Waals surface area contributed by atoms with Gasteiger partial charge in [-0.25, -0.2) is 4.39 Å². The molecule has 7 atom stereocenters. The summed E-state index contributed by atoms with van der Waals surface area (Å²) < 4.78 is 13.6. The molecule has 0 bridgehead atoms. The van der Waals surface area contributed by atoms with Crippen LogP contribution in [0.15, 0.2) is 30.4 Å². The summed E-state index contributed by atoms with van der Waals surface area (Å²) in [5, 5.41) is 2.85. The van der Waals surface area contributed by atoms with Gasteiger partial charge in [0.15, 0.2) is 0 Å². The number of fused-ring (bicyclic) bond motifs is 5. The van der Waals surface area contributed by atoms with Crippen molar-refractivity contribution in [3.8, 4) is 0 Å². The molecule has 0 spiro atoms. The number of anilines is 2. The molecule has 5 nitrogen and oxygen atoms in total. The Labute approximate surface area is 196 Å². The van der Waals surface area contributed by atoms with Crippen molar-refractivity contribution in [3.63, 3.8) is 0 Å². The molecule has 178 valence electrons. The van der Waals surface area contributed by atoms with Gasteiger partial charge in [0, 0.05) is 24.9 Å². The SMILES string of the molecule is CN1C(=O)C=C[C@]2(C)[C@H]3CC[C@]4(C)[C@@H](CC(=O)Nc5cc(F)ccc5N)CC[C@H]4[C@@H]3CC[C@@H]12. The van der Waals surface area contributed by atoms with Gasteiger partial charge in [-0.1, -0.05) is 19.9 Å². The van der Waals surface area contributed by atoms with Gasteiger partial charge in [0.05, 0.1) is 11.4 Å². The van der Waals surface area contributed by atoms with E-state index in [1.165, 1.54) is 18.2 Å². The lowest BCUT2D eigenvalue weighted by Gasteiger charge is -2.60. The summed E-state index contributed by atoms with van der Waals surface area (Å²) >= 11 is 0. The number of benzene rings is 1. The van der Waals surface area contributed by atoms with Gasteiger partial charge in [0.25, 0.3) is 0 Å². The molecule has 1 aliphatic heterocycles. The largest absolute Gasteiger partial charge is 0.397 e. The van der Waals surface area contributed by atoms with Gasteiger partial charge in [0.1, 0.15) is 5.82 Å². The molecule has 3 aliphatic carbocycles. The molecule has 4 aliphatic rings. The Balaban J connectivity index is 1.32. The van der Waals surface area contributed by atoms with Gasteiger partial charge in [-0.3, -0.25) is 9.59 Å². The summed E-state index contributed by atoms with van der Waals surface area (Å²) in [7, 11) is 1.96. The Morgan fingerprint density at radius 2 is 1.97 bits per heavy atom. The van der Waals surface area contributed by atoms with Crippen LogP contribution >= 0.6 is 0 Å². The summed E-state index contributed by atoms with van der Waals surface area (Å²) in [6.07, 6.45) is 11.2. The number of nitrogens with two attached hydrogens (primary N) is 1. The van der Waals surface area contributed by atoms with Crippen molar-refractivity contribution in [2.75, 3.05) is 18.1 Å². The van der Waals surface area contributed by atoms with Crippen LogP contribution in [0.3, 0.4) is 0 Å². The van der Waals surface area contributed by atoms with E-state index >= 15 is 0 Å². The lowest BCUT2D eigenvalue weighted by atomic mass is 9.47. The molecule has 1 aromatic rings. The average Bonchev–Trinajstić information content (AvgIpc) is 3.10. The number of rotatable bonds is 3. The lowest BCUT2D eigenvalue weighted by Crippen LogP contribution is -2.59. The second kappa shape index (κ2) is 7.85. The van der Waals surface area contributed by atoms with E-state index < -0.39 is 5.82 Å². The maximum absolute atomic E-state index is 13.6. The highest BCUT2D eigenvalue weighted by molar-refractivity contribution is 5.94. The number of nitrogens with zero attached hydrogens (tertiary/aromatic N) is 1. The van der Waals surface area contributed by atoms with E-state index in [9.17, 15) is 14.0 Å². The van der Waals surface area contributed by atoms with Crippen LogP contribution in [-0.2, 0) is 9.59 Å². The minimum atomic E-state index is -0.404. The molecule has 6 heteroatoms. The number of amides is 2. The van der Waals surface area contributed by atoms with Crippen LogP contribution in [0.2, 0.25) is 0 Å². The van der Waals surface area contributed by atoms with Crippen molar-refractivity contribution in [2.45, 2.75) is 64.8 Å². The third-order valence-corrected chi connectivity index (χ3v) is 10.0. The molecule has 0 unspecified atom stereocenters. The zero-order valence-corrected chi connectivity index (χ0v) is 19.9.